The molecule has 2 saturated heterocycles. The van der Waals surface area contributed by atoms with Gasteiger partial charge in [0.05, 0.1) is 25.5 Å². The lowest BCUT2D eigenvalue weighted by molar-refractivity contribution is -0.131. The molecule has 2 aliphatic heterocycles. The minimum absolute atomic E-state index is 0.00608. The molecule has 0 aliphatic carbocycles. The number of ether oxygens (including phenoxy) is 1. The molecule has 1 aromatic heterocycles. The van der Waals surface area contributed by atoms with Crippen LogP contribution in [0.3, 0.4) is 0 Å². The molecule has 0 atom stereocenters. The van der Waals surface area contributed by atoms with Crippen LogP contribution < -0.4 is 10.2 Å². The van der Waals surface area contributed by atoms with E-state index in [1.165, 1.54) is 11.8 Å². The van der Waals surface area contributed by atoms with Crippen molar-refractivity contribution >= 4 is 29.5 Å². The Bertz CT molecular complexity index is 668. The van der Waals surface area contributed by atoms with Gasteiger partial charge in [-0.05, 0) is 18.8 Å². The predicted molar refractivity (Wildman–Crippen MR) is 107 cm³/mol. The van der Waals surface area contributed by atoms with Gasteiger partial charge >= 0.3 is 0 Å². The van der Waals surface area contributed by atoms with E-state index in [4.69, 9.17) is 4.74 Å². The Hall–Kier alpha value is -1.81. The van der Waals surface area contributed by atoms with Crippen molar-refractivity contribution in [2.24, 2.45) is 5.92 Å². The molecule has 2 amide bonds. The molecule has 1 N–H and O–H groups in total. The highest BCUT2D eigenvalue weighted by molar-refractivity contribution is 7.99. The summed E-state index contributed by atoms with van der Waals surface area (Å²) >= 11 is 1.36. The largest absolute Gasteiger partial charge is 0.378 e. The summed E-state index contributed by atoms with van der Waals surface area (Å²) in [5.41, 5.74) is 0. The normalized spacial score (nSPS) is 17.4. The fraction of sp³-hybridized carbons (Fsp3) is 0.778. The van der Waals surface area contributed by atoms with Gasteiger partial charge < -0.3 is 19.9 Å². The number of carbonyl (C=O) groups is 2. The third-order valence-corrected chi connectivity index (χ3v) is 5.73. The van der Waals surface area contributed by atoms with Gasteiger partial charge in [0.2, 0.25) is 17.8 Å². The van der Waals surface area contributed by atoms with Gasteiger partial charge in [0.1, 0.15) is 0 Å². The van der Waals surface area contributed by atoms with E-state index in [-0.39, 0.29) is 24.1 Å². The van der Waals surface area contributed by atoms with Crippen molar-refractivity contribution in [3.8, 4) is 0 Å². The lowest BCUT2D eigenvalue weighted by Crippen LogP contribution is -2.39. The monoisotopic (exact) mass is 410 g/mol. The van der Waals surface area contributed by atoms with Crippen molar-refractivity contribution in [2.75, 3.05) is 56.6 Å². The first kappa shape index (κ1) is 20.9. The lowest BCUT2D eigenvalue weighted by Gasteiger charge is -2.28. The van der Waals surface area contributed by atoms with E-state index in [2.05, 4.69) is 38.8 Å². The Kier molecular flexibility index (Phi) is 7.55. The van der Waals surface area contributed by atoms with Crippen LogP contribution in [-0.2, 0) is 20.9 Å². The van der Waals surface area contributed by atoms with Crippen LogP contribution in [0.2, 0.25) is 0 Å². The van der Waals surface area contributed by atoms with Crippen LogP contribution in [0, 0.1) is 5.92 Å². The van der Waals surface area contributed by atoms with Gasteiger partial charge in [-0.2, -0.15) is 0 Å². The van der Waals surface area contributed by atoms with E-state index in [1.54, 1.807) is 4.90 Å². The molecule has 0 saturated carbocycles. The van der Waals surface area contributed by atoms with Gasteiger partial charge in [-0.25, -0.2) is 0 Å². The van der Waals surface area contributed by atoms with Crippen molar-refractivity contribution in [1.29, 1.82) is 0 Å². The van der Waals surface area contributed by atoms with Crippen molar-refractivity contribution in [2.45, 2.75) is 38.4 Å². The van der Waals surface area contributed by atoms with Crippen LogP contribution in [-0.4, -0.2) is 83.2 Å². The molecular formula is C18H30N6O3S. The van der Waals surface area contributed by atoms with E-state index < -0.39 is 0 Å². The zero-order valence-electron chi connectivity index (χ0n) is 16.7. The summed E-state index contributed by atoms with van der Waals surface area (Å²) in [5, 5.41) is 12.1. The maximum Gasteiger partial charge on any atom is 0.241 e. The highest BCUT2D eigenvalue weighted by atomic mass is 32.2. The van der Waals surface area contributed by atoms with Crippen LogP contribution in [0.5, 0.6) is 0 Å². The molecule has 0 unspecified atom stereocenters. The molecule has 0 radical (unpaired) electrons. The number of amides is 2. The minimum atomic E-state index is -0.162. The first-order valence-corrected chi connectivity index (χ1v) is 11.0. The number of hydrogen-bond acceptors (Lipinski definition) is 7. The molecule has 2 fully saturated rings. The van der Waals surface area contributed by atoms with Gasteiger partial charge in [-0.1, -0.05) is 25.6 Å². The maximum absolute atomic E-state index is 12.2. The lowest BCUT2D eigenvalue weighted by atomic mass is 10.2. The van der Waals surface area contributed by atoms with E-state index in [1.807, 2.05) is 0 Å². The number of morpholine rings is 1. The first-order valence-electron chi connectivity index (χ1n) is 9.97. The fourth-order valence-electron chi connectivity index (χ4n) is 3.34. The molecule has 3 rings (SSSR count). The smallest absolute Gasteiger partial charge is 0.241 e. The molecule has 1 aromatic rings. The van der Waals surface area contributed by atoms with Gasteiger partial charge in [0.15, 0.2) is 5.16 Å². The van der Waals surface area contributed by atoms with Crippen LogP contribution in [0.25, 0.3) is 0 Å². The first-order chi connectivity index (χ1) is 13.5. The second-order valence-electron chi connectivity index (χ2n) is 7.54. The molecule has 0 aromatic carbocycles. The zero-order valence-corrected chi connectivity index (χ0v) is 17.5. The number of thioether (sulfide) groups is 1. The number of rotatable bonds is 8. The Labute approximate surface area is 170 Å². The number of likely N-dealkylation sites (tertiary alicyclic amines) is 1. The number of hydrogen-bond donors (Lipinski definition) is 1. The third kappa shape index (κ3) is 5.60. The highest BCUT2D eigenvalue weighted by Gasteiger charge is 2.22. The summed E-state index contributed by atoms with van der Waals surface area (Å²) in [4.78, 5) is 28.2. The number of anilines is 1. The summed E-state index contributed by atoms with van der Waals surface area (Å²) in [6, 6.07) is 0. The van der Waals surface area contributed by atoms with Gasteiger partial charge in [-0.15, -0.1) is 10.2 Å². The van der Waals surface area contributed by atoms with Crippen LogP contribution in [0.1, 0.15) is 26.7 Å². The Balaban J connectivity index is 1.54. The minimum Gasteiger partial charge on any atom is -0.378 e. The van der Waals surface area contributed by atoms with E-state index >= 15 is 0 Å². The molecule has 3 heterocycles. The molecule has 28 heavy (non-hydrogen) atoms. The molecule has 9 nitrogen and oxygen atoms in total. The number of carbonyl (C=O) groups excluding carboxylic acids is 2. The number of aromatic nitrogens is 3. The number of nitrogens with zero attached hydrogens (tertiary/aromatic N) is 5. The average molecular weight is 411 g/mol. The second-order valence-corrected chi connectivity index (χ2v) is 8.48. The van der Waals surface area contributed by atoms with Gasteiger partial charge in [0, 0.05) is 32.7 Å². The SMILES string of the molecule is CC(C)Cn1c(SCC(=O)NCC(=O)N2CCCC2)nnc1N1CCOCC1. The molecular weight excluding hydrogens is 380 g/mol. The van der Waals surface area contributed by atoms with Crippen LogP contribution >= 0.6 is 11.8 Å². The standard InChI is InChI=1S/C18H30N6O3S/c1-14(2)12-24-17(23-7-9-27-10-8-23)20-21-18(24)28-13-15(25)19-11-16(26)22-5-3-4-6-22/h14H,3-13H2,1-2H3,(H,19,25). The molecule has 0 bridgehead atoms. The zero-order chi connectivity index (χ0) is 19.9. The topological polar surface area (TPSA) is 92.6 Å². The Morgan fingerprint density at radius 1 is 1.14 bits per heavy atom. The fourth-order valence-corrected chi connectivity index (χ4v) is 4.12. The summed E-state index contributed by atoms with van der Waals surface area (Å²) in [7, 11) is 0. The molecule has 156 valence electrons. The molecule has 10 heteroatoms. The van der Waals surface area contributed by atoms with Crippen molar-refractivity contribution < 1.29 is 14.3 Å². The van der Waals surface area contributed by atoms with Gasteiger partial charge in [0.25, 0.3) is 0 Å². The predicted octanol–water partition coefficient (Wildman–Crippen LogP) is 0.601. The summed E-state index contributed by atoms with van der Waals surface area (Å²) in [6.45, 7) is 9.70. The van der Waals surface area contributed by atoms with E-state index in [0.29, 0.717) is 19.1 Å². The molecule has 2 aliphatic rings. The third-order valence-electron chi connectivity index (χ3n) is 4.77. The Morgan fingerprint density at radius 3 is 2.54 bits per heavy atom. The van der Waals surface area contributed by atoms with Crippen LogP contribution in [0.15, 0.2) is 5.16 Å². The van der Waals surface area contributed by atoms with Gasteiger partial charge in [-0.3, -0.25) is 14.2 Å². The molecule has 0 spiro atoms. The van der Waals surface area contributed by atoms with Crippen molar-refractivity contribution in [3.05, 3.63) is 0 Å². The summed E-state index contributed by atoms with van der Waals surface area (Å²) < 4.78 is 7.51. The highest BCUT2D eigenvalue weighted by Crippen LogP contribution is 2.24. The summed E-state index contributed by atoms with van der Waals surface area (Å²) in [5.74, 6) is 1.32. The van der Waals surface area contributed by atoms with Crippen molar-refractivity contribution in [1.82, 2.24) is 25.0 Å². The summed E-state index contributed by atoms with van der Waals surface area (Å²) in [6.07, 6.45) is 2.10. The quantitative estimate of drug-likeness (QED) is 0.628. The van der Waals surface area contributed by atoms with Crippen LogP contribution in [0.4, 0.5) is 5.95 Å². The number of nitrogens with one attached hydrogen (secondary N) is 1. The maximum atomic E-state index is 12.2. The van der Waals surface area contributed by atoms with Crippen molar-refractivity contribution in [3.63, 3.8) is 0 Å². The van der Waals surface area contributed by atoms with E-state index in [0.717, 1.165) is 56.7 Å². The second kappa shape index (κ2) is 10.1. The Morgan fingerprint density at radius 2 is 1.86 bits per heavy atom. The van der Waals surface area contributed by atoms with E-state index in [9.17, 15) is 9.59 Å². The average Bonchev–Trinajstić information content (AvgIpc) is 3.35.